The maximum Gasteiger partial charge on any atom is 0.178 e. The van der Waals surface area contributed by atoms with Crippen LogP contribution in [-0.4, -0.2) is 20.0 Å². The fourth-order valence-corrected chi connectivity index (χ4v) is 5.74. The summed E-state index contributed by atoms with van der Waals surface area (Å²) in [5.41, 5.74) is 0. The van der Waals surface area contributed by atoms with Crippen molar-refractivity contribution in [2.45, 2.75) is 24.7 Å². The Balaban J connectivity index is 1.59. The molecule has 0 radical (unpaired) electrons. The number of sulfone groups is 1. The number of hydrogen-bond acceptors (Lipinski definition) is 5. The van der Waals surface area contributed by atoms with Gasteiger partial charge in [-0.3, -0.25) is 4.79 Å². The van der Waals surface area contributed by atoms with Crippen LogP contribution in [0.3, 0.4) is 0 Å². The van der Waals surface area contributed by atoms with E-state index in [4.69, 9.17) is 0 Å². The van der Waals surface area contributed by atoms with E-state index in [1.165, 1.54) is 16.2 Å². The molecule has 0 saturated carbocycles. The molecule has 0 aliphatic heterocycles. The number of Topliss-reactive ketones (excluding diaryl/α,β-unsaturated/α-hetero) is 1. The van der Waals surface area contributed by atoms with Crippen LogP contribution >= 0.6 is 22.7 Å². The number of hydrogen-bond donors (Lipinski definition) is 0. The Morgan fingerprint density at radius 1 is 0.920 bits per heavy atom. The first-order valence-electron chi connectivity index (χ1n) is 7.93. The van der Waals surface area contributed by atoms with Gasteiger partial charge in [0.25, 0.3) is 0 Å². The Morgan fingerprint density at radius 3 is 2.28 bits per heavy atom. The van der Waals surface area contributed by atoms with Crippen molar-refractivity contribution < 1.29 is 13.2 Å². The molecule has 3 aromatic rings. The first-order valence-corrected chi connectivity index (χ1v) is 11.2. The van der Waals surface area contributed by atoms with E-state index in [0.717, 1.165) is 9.75 Å². The Hall–Kier alpha value is -1.76. The summed E-state index contributed by atoms with van der Waals surface area (Å²) in [5.74, 6) is -0.00161. The predicted octanol–water partition coefficient (Wildman–Crippen LogP) is 5.22. The number of thiophene rings is 2. The van der Waals surface area contributed by atoms with Crippen LogP contribution in [0.15, 0.2) is 59.5 Å². The summed E-state index contributed by atoms with van der Waals surface area (Å²) >= 11 is 3.18. The van der Waals surface area contributed by atoms with Crippen molar-refractivity contribution >= 4 is 38.3 Å². The van der Waals surface area contributed by atoms with Crippen molar-refractivity contribution in [3.8, 4) is 9.75 Å². The number of benzene rings is 1. The van der Waals surface area contributed by atoms with E-state index in [-0.39, 0.29) is 18.0 Å². The van der Waals surface area contributed by atoms with Gasteiger partial charge >= 0.3 is 0 Å². The molecule has 6 heteroatoms. The summed E-state index contributed by atoms with van der Waals surface area (Å²) in [6.07, 6.45) is 0.580. The second-order valence-corrected chi connectivity index (χ2v) is 10.2. The van der Waals surface area contributed by atoms with Crippen molar-refractivity contribution in [3.63, 3.8) is 0 Å². The SMILES string of the molecule is Cc1ccc(-c2ccc(C(=O)CCCS(=O)(=O)c3ccccc3)s2)s1. The monoisotopic (exact) mass is 390 g/mol. The highest BCUT2D eigenvalue weighted by Gasteiger charge is 2.16. The molecule has 0 N–H and O–H groups in total. The third-order valence-electron chi connectivity index (χ3n) is 3.78. The average molecular weight is 391 g/mol. The molecule has 0 aliphatic rings. The van der Waals surface area contributed by atoms with Gasteiger partial charge < -0.3 is 0 Å². The molecule has 0 saturated heterocycles. The smallest absolute Gasteiger partial charge is 0.178 e. The quantitative estimate of drug-likeness (QED) is 0.520. The number of carbonyl (C=O) groups is 1. The van der Waals surface area contributed by atoms with Gasteiger partial charge in [-0.2, -0.15) is 0 Å². The Kier molecular flexibility index (Phi) is 5.51. The maximum atomic E-state index is 12.3. The zero-order valence-electron chi connectivity index (χ0n) is 13.8. The van der Waals surface area contributed by atoms with Gasteiger partial charge in [0.1, 0.15) is 0 Å². The Morgan fingerprint density at radius 2 is 1.60 bits per heavy atom. The zero-order valence-corrected chi connectivity index (χ0v) is 16.2. The molecule has 0 atom stereocenters. The molecule has 2 heterocycles. The third kappa shape index (κ3) is 4.45. The molecule has 0 aliphatic carbocycles. The first kappa shape index (κ1) is 18.0. The van der Waals surface area contributed by atoms with E-state index < -0.39 is 9.84 Å². The number of ketones is 1. The van der Waals surface area contributed by atoms with Crippen molar-refractivity contribution in [3.05, 3.63) is 64.4 Å². The highest BCUT2D eigenvalue weighted by molar-refractivity contribution is 7.91. The van der Waals surface area contributed by atoms with Crippen LogP contribution in [0, 0.1) is 6.92 Å². The van der Waals surface area contributed by atoms with Gasteiger partial charge in [-0.25, -0.2) is 8.42 Å². The van der Waals surface area contributed by atoms with E-state index >= 15 is 0 Å². The highest BCUT2D eigenvalue weighted by atomic mass is 32.2. The summed E-state index contributed by atoms with van der Waals surface area (Å²) in [7, 11) is -3.32. The van der Waals surface area contributed by atoms with Gasteiger partial charge in [0, 0.05) is 21.1 Å². The molecule has 130 valence electrons. The van der Waals surface area contributed by atoms with Crippen molar-refractivity contribution in [2.24, 2.45) is 0 Å². The minimum Gasteiger partial charge on any atom is -0.293 e. The van der Waals surface area contributed by atoms with Crippen LogP contribution in [0.1, 0.15) is 27.4 Å². The second kappa shape index (κ2) is 7.64. The topological polar surface area (TPSA) is 51.2 Å². The molecule has 2 aromatic heterocycles. The number of rotatable bonds is 7. The lowest BCUT2D eigenvalue weighted by Crippen LogP contribution is -2.08. The van der Waals surface area contributed by atoms with Crippen LogP contribution in [-0.2, 0) is 9.84 Å². The molecule has 25 heavy (non-hydrogen) atoms. The number of carbonyl (C=O) groups excluding carboxylic acids is 1. The third-order valence-corrected chi connectivity index (χ3v) is 7.92. The first-order chi connectivity index (χ1) is 12.0. The average Bonchev–Trinajstić information content (AvgIpc) is 3.24. The molecule has 3 rings (SSSR count). The minimum atomic E-state index is -3.32. The summed E-state index contributed by atoms with van der Waals surface area (Å²) in [5, 5.41) is 0. The second-order valence-electron chi connectivity index (χ2n) is 5.73. The summed E-state index contributed by atoms with van der Waals surface area (Å²) in [6.45, 7) is 2.06. The lowest BCUT2D eigenvalue weighted by atomic mass is 10.2. The van der Waals surface area contributed by atoms with Gasteiger partial charge in [-0.1, -0.05) is 18.2 Å². The molecule has 0 bridgehead atoms. The van der Waals surface area contributed by atoms with Crippen molar-refractivity contribution in [1.82, 2.24) is 0 Å². The van der Waals surface area contributed by atoms with Crippen molar-refractivity contribution in [1.29, 1.82) is 0 Å². The molecule has 3 nitrogen and oxygen atoms in total. The molecular weight excluding hydrogens is 372 g/mol. The number of aryl methyl sites for hydroxylation is 1. The summed E-state index contributed by atoms with van der Waals surface area (Å²) < 4.78 is 24.5. The van der Waals surface area contributed by atoms with Gasteiger partial charge in [-0.15, -0.1) is 22.7 Å². The van der Waals surface area contributed by atoms with Gasteiger partial charge in [0.05, 0.1) is 15.5 Å². The molecule has 0 spiro atoms. The molecule has 0 fully saturated rings. The summed E-state index contributed by atoms with van der Waals surface area (Å²) in [6, 6.07) is 16.3. The largest absolute Gasteiger partial charge is 0.293 e. The van der Waals surface area contributed by atoms with E-state index in [1.54, 1.807) is 41.7 Å². The van der Waals surface area contributed by atoms with E-state index in [1.807, 2.05) is 12.1 Å². The van der Waals surface area contributed by atoms with Gasteiger partial charge in [0.2, 0.25) is 0 Å². The van der Waals surface area contributed by atoms with E-state index in [9.17, 15) is 13.2 Å². The maximum absolute atomic E-state index is 12.3. The normalized spacial score (nSPS) is 11.6. The van der Waals surface area contributed by atoms with Crippen molar-refractivity contribution in [2.75, 3.05) is 5.75 Å². The van der Waals surface area contributed by atoms with Gasteiger partial charge in [-0.05, 0) is 49.7 Å². The molecule has 0 amide bonds. The zero-order chi connectivity index (χ0) is 17.9. The lowest BCUT2D eigenvalue weighted by Gasteiger charge is -2.03. The van der Waals surface area contributed by atoms with Crippen LogP contribution in [0.2, 0.25) is 0 Å². The predicted molar refractivity (Wildman–Crippen MR) is 104 cm³/mol. The highest BCUT2D eigenvalue weighted by Crippen LogP contribution is 2.33. The minimum absolute atomic E-state index is 0.00721. The molecular formula is C19H18O3S3. The fourth-order valence-electron chi connectivity index (χ4n) is 2.48. The van der Waals surface area contributed by atoms with E-state index in [2.05, 4.69) is 19.1 Å². The van der Waals surface area contributed by atoms with Crippen LogP contribution in [0.4, 0.5) is 0 Å². The fraction of sp³-hybridized carbons (Fsp3) is 0.211. The van der Waals surface area contributed by atoms with E-state index in [0.29, 0.717) is 16.2 Å². The summed E-state index contributed by atoms with van der Waals surface area (Å²) in [4.78, 5) is 16.8. The lowest BCUT2D eigenvalue weighted by molar-refractivity contribution is 0.0986. The van der Waals surface area contributed by atoms with Crippen LogP contribution in [0.5, 0.6) is 0 Å². The molecule has 1 aromatic carbocycles. The Bertz CT molecular complexity index is 966. The van der Waals surface area contributed by atoms with Crippen LogP contribution in [0.25, 0.3) is 9.75 Å². The van der Waals surface area contributed by atoms with Crippen LogP contribution < -0.4 is 0 Å². The van der Waals surface area contributed by atoms with Gasteiger partial charge in [0.15, 0.2) is 15.6 Å². The molecule has 0 unspecified atom stereocenters. The standard InChI is InChI=1S/C19H18O3S3/c1-14-9-10-18(23-14)19-12-11-17(24-19)16(20)8-5-13-25(21,22)15-6-3-2-4-7-15/h2-4,6-7,9-12H,5,8,13H2,1H3. The Labute approximate surface area is 155 Å².